The highest BCUT2D eigenvalue weighted by Gasteiger charge is 2.02. The molecule has 0 atom stereocenters. The highest BCUT2D eigenvalue weighted by atomic mass is 32.1. The molecule has 18 heavy (non-hydrogen) atoms. The summed E-state index contributed by atoms with van der Waals surface area (Å²) in [6.07, 6.45) is 5.51. The summed E-state index contributed by atoms with van der Waals surface area (Å²) in [4.78, 5) is 4.31. The van der Waals surface area contributed by atoms with Crippen molar-refractivity contribution in [2.45, 2.75) is 0 Å². The van der Waals surface area contributed by atoms with Crippen molar-refractivity contribution in [1.29, 1.82) is 0 Å². The highest BCUT2D eigenvalue weighted by Crippen LogP contribution is 2.18. The van der Waals surface area contributed by atoms with Crippen molar-refractivity contribution in [3.63, 3.8) is 0 Å². The summed E-state index contributed by atoms with van der Waals surface area (Å²) in [6.45, 7) is 0. The Hall–Kier alpha value is -2.27. The predicted octanol–water partition coefficient (Wildman–Crippen LogP) is 2.32. The number of hydrogen-bond acceptors (Lipinski definition) is 3. The second-order valence-corrected chi connectivity index (χ2v) is 3.71. The maximum absolute atomic E-state index is 4.54. The van der Waals surface area contributed by atoms with Crippen molar-refractivity contribution in [2.75, 3.05) is 0 Å². The van der Waals surface area contributed by atoms with E-state index in [4.69, 9.17) is 0 Å². The van der Waals surface area contributed by atoms with E-state index in [1.165, 1.54) is 0 Å². The summed E-state index contributed by atoms with van der Waals surface area (Å²) in [6, 6.07) is 11.9. The van der Waals surface area contributed by atoms with Gasteiger partial charge in [0, 0.05) is 24.0 Å². The predicted molar refractivity (Wildman–Crippen MR) is 76.7 cm³/mol. The van der Waals surface area contributed by atoms with Crippen LogP contribution in [0.2, 0.25) is 0 Å². The molecule has 0 unspecified atom stereocenters. The summed E-state index contributed by atoms with van der Waals surface area (Å²) >= 11 is 4.05. The lowest BCUT2D eigenvalue weighted by molar-refractivity contribution is 0.886. The normalized spacial score (nSPS) is 9.56. The first-order valence-corrected chi connectivity index (χ1v) is 5.83. The number of fused-ring (bicyclic) bond motifs is 1. The minimum absolute atomic E-state index is 0.991. The Morgan fingerprint density at radius 2 is 1.89 bits per heavy atom. The van der Waals surface area contributed by atoms with Crippen molar-refractivity contribution >= 4 is 28.6 Å². The van der Waals surface area contributed by atoms with E-state index >= 15 is 0 Å². The van der Waals surface area contributed by atoms with Crippen LogP contribution in [0.3, 0.4) is 0 Å². The fourth-order valence-corrected chi connectivity index (χ4v) is 1.69. The number of thiocarbonyl (C=S) groups is 1. The van der Waals surface area contributed by atoms with E-state index in [9.17, 15) is 0 Å². The molecule has 0 aliphatic carbocycles. The van der Waals surface area contributed by atoms with Gasteiger partial charge in [0.2, 0.25) is 0 Å². The molecule has 0 amide bonds. The van der Waals surface area contributed by atoms with E-state index in [0.717, 1.165) is 22.1 Å². The van der Waals surface area contributed by atoms with Gasteiger partial charge in [-0.3, -0.25) is 4.98 Å². The second kappa shape index (κ2) is 5.88. The third kappa shape index (κ3) is 2.52. The maximum Gasteiger partial charge on any atom is 0.0754 e. The van der Waals surface area contributed by atoms with Crippen molar-refractivity contribution in [3.8, 4) is 5.69 Å². The Labute approximate surface area is 110 Å². The zero-order valence-corrected chi connectivity index (χ0v) is 10.4. The largest absolute Gasteiger partial charge is 0.396 e. The molecule has 0 saturated carbocycles. The van der Waals surface area contributed by atoms with Crippen LogP contribution in [-0.2, 0) is 0 Å². The molecule has 0 saturated heterocycles. The lowest BCUT2D eigenvalue weighted by atomic mass is 10.2. The summed E-state index contributed by atoms with van der Waals surface area (Å²) in [5.41, 5.74) is 7.67. The minimum Gasteiger partial charge on any atom is -0.396 e. The molecule has 0 radical (unpaired) electrons. The zero-order valence-electron chi connectivity index (χ0n) is 9.60. The smallest absolute Gasteiger partial charge is 0.0754 e. The molecule has 0 aliphatic heterocycles. The van der Waals surface area contributed by atoms with Crippen LogP contribution in [0.15, 0.2) is 55.0 Å². The topological polar surface area (TPSA) is 56.7 Å². The van der Waals surface area contributed by atoms with Gasteiger partial charge in [-0.1, -0.05) is 30.4 Å². The van der Waals surface area contributed by atoms with Gasteiger partial charge in [0.05, 0.1) is 16.7 Å². The van der Waals surface area contributed by atoms with E-state index in [2.05, 4.69) is 34.1 Å². The van der Waals surface area contributed by atoms with Gasteiger partial charge >= 0.3 is 0 Å². The summed E-state index contributed by atoms with van der Waals surface area (Å²) in [5, 5.41) is 5.34. The Bertz CT molecular complexity index is 629. The molecule has 0 spiro atoms. The SMILES string of the molecule is NC=S.c1ccc2c(-n3cccn3)ccnc2c1. The minimum atomic E-state index is 0.991. The van der Waals surface area contributed by atoms with Crippen LogP contribution in [0.1, 0.15) is 0 Å². The average Bonchev–Trinajstić information content (AvgIpc) is 2.93. The lowest BCUT2D eigenvalue weighted by Crippen LogP contribution is -1.95. The molecule has 5 heteroatoms. The standard InChI is InChI=1S/C12H9N3.CH3NS/c1-2-5-11-10(4-1)12(6-8-13-11)15-9-3-7-14-15;2-1-3/h1-9H;1H,(H2,2,3). The van der Waals surface area contributed by atoms with E-state index in [0.29, 0.717) is 0 Å². The van der Waals surface area contributed by atoms with Gasteiger partial charge in [-0.15, -0.1) is 0 Å². The fraction of sp³-hybridized carbons (Fsp3) is 0. The first kappa shape index (κ1) is 12.2. The molecule has 1 aromatic carbocycles. The van der Waals surface area contributed by atoms with Crippen LogP contribution >= 0.6 is 12.2 Å². The van der Waals surface area contributed by atoms with Crippen LogP contribution in [0.4, 0.5) is 0 Å². The van der Waals surface area contributed by atoms with Crippen molar-refractivity contribution in [1.82, 2.24) is 14.8 Å². The van der Waals surface area contributed by atoms with Crippen LogP contribution in [0, 0.1) is 0 Å². The van der Waals surface area contributed by atoms with Gasteiger partial charge in [-0.05, 0) is 18.2 Å². The summed E-state index contributed by atoms with van der Waals surface area (Å²) in [7, 11) is 0. The molecular formula is C13H12N4S. The van der Waals surface area contributed by atoms with E-state index in [1.807, 2.05) is 41.2 Å². The molecule has 3 rings (SSSR count). The van der Waals surface area contributed by atoms with Crippen LogP contribution in [-0.4, -0.2) is 20.3 Å². The Balaban J connectivity index is 0.000000367. The van der Waals surface area contributed by atoms with Crippen LogP contribution in [0.5, 0.6) is 0 Å². The number of para-hydroxylation sites is 1. The molecule has 3 aromatic rings. The van der Waals surface area contributed by atoms with E-state index in [-0.39, 0.29) is 0 Å². The highest BCUT2D eigenvalue weighted by molar-refractivity contribution is 7.78. The first-order chi connectivity index (χ1) is 8.86. The van der Waals surface area contributed by atoms with Gasteiger partial charge in [0.15, 0.2) is 0 Å². The lowest BCUT2D eigenvalue weighted by Gasteiger charge is -2.04. The molecule has 0 fully saturated rings. The van der Waals surface area contributed by atoms with Gasteiger partial charge in [0.25, 0.3) is 0 Å². The van der Waals surface area contributed by atoms with Gasteiger partial charge < -0.3 is 5.73 Å². The Kier molecular flexibility index (Phi) is 3.98. The van der Waals surface area contributed by atoms with E-state index in [1.54, 1.807) is 12.4 Å². The number of aromatic nitrogens is 3. The summed E-state index contributed by atoms with van der Waals surface area (Å²) in [5.74, 6) is 0. The Morgan fingerprint density at radius 3 is 2.61 bits per heavy atom. The third-order valence-corrected chi connectivity index (χ3v) is 2.38. The number of nitrogens with two attached hydrogens (primary N) is 1. The fourth-order valence-electron chi connectivity index (χ4n) is 1.69. The van der Waals surface area contributed by atoms with E-state index < -0.39 is 0 Å². The summed E-state index contributed by atoms with van der Waals surface area (Å²) < 4.78 is 1.85. The molecule has 90 valence electrons. The zero-order chi connectivity index (χ0) is 12.8. The van der Waals surface area contributed by atoms with Crippen LogP contribution in [0.25, 0.3) is 16.6 Å². The molecule has 4 nitrogen and oxygen atoms in total. The monoisotopic (exact) mass is 256 g/mol. The Morgan fingerprint density at radius 1 is 1.11 bits per heavy atom. The molecular weight excluding hydrogens is 244 g/mol. The van der Waals surface area contributed by atoms with Gasteiger partial charge in [-0.2, -0.15) is 5.10 Å². The number of nitrogens with zero attached hydrogens (tertiary/aromatic N) is 3. The van der Waals surface area contributed by atoms with Crippen molar-refractivity contribution < 1.29 is 0 Å². The van der Waals surface area contributed by atoms with Gasteiger partial charge in [-0.25, -0.2) is 4.68 Å². The van der Waals surface area contributed by atoms with Crippen molar-refractivity contribution in [2.24, 2.45) is 5.73 Å². The molecule has 2 heterocycles. The molecule has 0 bridgehead atoms. The molecule has 2 N–H and O–H groups in total. The number of benzene rings is 1. The molecule has 0 aliphatic rings. The quantitative estimate of drug-likeness (QED) is 0.679. The van der Waals surface area contributed by atoms with Crippen LogP contribution < -0.4 is 5.73 Å². The number of hydrogen-bond donors (Lipinski definition) is 1. The van der Waals surface area contributed by atoms with Crippen molar-refractivity contribution in [3.05, 3.63) is 55.0 Å². The third-order valence-electron chi connectivity index (χ3n) is 2.38. The van der Waals surface area contributed by atoms with Gasteiger partial charge in [0.1, 0.15) is 0 Å². The first-order valence-electron chi connectivity index (χ1n) is 5.36. The average molecular weight is 256 g/mol. The number of rotatable bonds is 1. The second-order valence-electron chi connectivity index (χ2n) is 3.43. The number of pyridine rings is 1. The molecule has 2 aromatic heterocycles. The maximum atomic E-state index is 4.54.